The van der Waals surface area contributed by atoms with E-state index in [1.54, 1.807) is 0 Å². The number of hydrogen-bond donors (Lipinski definition) is 1. The standard InChI is InChI=1S/C21H22F3N5O2S/c1-4-5-6-10-16-26-27-20(32-16)25-19(31)18(30)17-12(2)28-29(13(17)3)15-9-7-8-14(11-15)21(22,23)24/h7-9,11H,4-6,10H2,1-3H3,(H,25,27,31). The second-order valence-corrected chi connectivity index (χ2v) is 8.31. The van der Waals surface area contributed by atoms with Gasteiger partial charge in [-0.05, 0) is 38.5 Å². The third-order valence-corrected chi connectivity index (χ3v) is 5.72. The molecule has 1 amide bonds. The van der Waals surface area contributed by atoms with Crippen molar-refractivity contribution in [3.63, 3.8) is 0 Å². The number of nitrogens with zero attached hydrogens (tertiary/aromatic N) is 4. The van der Waals surface area contributed by atoms with Gasteiger partial charge in [0.15, 0.2) is 0 Å². The molecule has 0 bridgehead atoms. The van der Waals surface area contributed by atoms with Gasteiger partial charge in [-0.25, -0.2) is 4.68 Å². The zero-order valence-electron chi connectivity index (χ0n) is 17.8. The van der Waals surface area contributed by atoms with Gasteiger partial charge < -0.3 is 0 Å². The number of carbonyl (C=O) groups is 2. The topological polar surface area (TPSA) is 89.8 Å². The number of halogens is 3. The van der Waals surface area contributed by atoms with Crippen LogP contribution in [0, 0.1) is 13.8 Å². The molecule has 0 saturated carbocycles. The number of amides is 1. The number of Topliss-reactive ketones (excluding diaryl/α,β-unsaturated/α-hetero) is 1. The van der Waals surface area contributed by atoms with E-state index in [0.717, 1.165) is 42.8 Å². The molecule has 2 heterocycles. The van der Waals surface area contributed by atoms with E-state index in [4.69, 9.17) is 0 Å². The number of anilines is 1. The lowest BCUT2D eigenvalue weighted by molar-refractivity contribution is -0.137. The van der Waals surface area contributed by atoms with E-state index < -0.39 is 23.4 Å². The summed E-state index contributed by atoms with van der Waals surface area (Å²) in [5.74, 6) is -1.75. The van der Waals surface area contributed by atoms with Crippen molar-refractivity contribution in [2.75, 3.05) is 5.32 Å². The maximum absolute atomic E-state index is 13.1. The van der Waals surface area contributed by atoms with E-state index in [-0.39, 0.29) is 27.8 Å². The molecule has 11 heteroatoms. The number of unbranched alkanes of at least 4 members (excludes halogenated alkanes) is 2. The van der Waals surface area contributed by atoms with Crippen molar-refractivity contribution in [1.29, 1.82) is 0 Å². The first-order chi connectivity index (χ1) is 15.1. The van der Waals surface area contributed by atoms with E-state index in [0.29, 0.717) is 0 Å². The average molecular weight is 466 g/mol. The van der Waals surface area contributed by atoms with Gasteiger partial charge in [0.25, 0.3) is 11.7 Å². The van der Waals surface area contributed by atoms with Crippen molar-refractivity contribution < 1.29 is 22.8 Å². The predicted octanol–water partition coefficient (Wildman–Crippen LogP) is 4.91. The van der Waals surface area contributed by atoms with Crippen molar-refractivity contribution in [2.24, 2.45) is 0 Å². The van der Waals surface area contributed by atoms with Gasteiger partial charge in [0, 0.05) is 6.42 Å². The Hall–Kier alpha value is -3.08. The highest BCUT2D eigenvalue weighted by molar-refractivity contribution is 7.15. The molecule has 0 radical (unpaired) electrons. The van der Waals surface area contributed by atoms with Crippen LogP contribution in [0.5, 0.6) is 0 Å². The summed E-state index contributed by atoms with van der Waals surface area (Å²) >= 11 is 1.20. The smallest absolute Gasteiger partial charge is 0.294 e. The summed E-state index contributed by atoms with van der Waals surface area (Å²) in [6, 6.07) is 4.60. The van der Waals surface area contributed by atoms with Crippen molar-refractivity contribution in [1.82, 2.24) is 20.0 Å². The van der Waals surface area contributed by atoms with Gasteiger partial charge in [-0.1, -0.05) is 37.2 Å². The Morgan fingerprint density at radius 3 is 2.59 bits per heavy atom. The van der Waals surface area contributed by atoms with E-state index >= 15 is 0 Å². The molecule has 170 valence electrons. The van der Waals surface area contributed by atoms with Crippen LogP contribution in [0.25, 0.3) is 5.69 Å². The van der Waals surface area contributed by atoms with Crippen LogP contribution < -0.4 is 5.32 Å². The molecule has 7 nitrogen and oxygen atoms in total. The van der Waals surface area contributed by atoms with E-state index in [1.165, 1.54) is 42.0 Å². The molecule has 1 aromatic carbocycles. The van der Waals surface area contributed by atoms with E-state index in [2.05, 4.69) is 27.5 Å². The number of benzene rings is 1. The van der Waals surface area contributed by atoms with E-state index in [1.807, 2.05) is 0 Å². The van der Waals surface area contributed by atoms with Gasteiger partial charge in [0.05, 0.1) is 28.2 Å². The molecule has 32 heavy (non-hydrogen) atoms. The summed E-state index contributed by atoms with van der Waals surface area (Å²) in [6.45, 7) is 5.14. The number of aromatic nitrogens is 4. The Morgan fingerprint density at radius 2 is 1.91 bits per heavy atom. The number of rotatable bonds is 8. The predicted molar refractivity (Wildman–Crippen MR) is 114 cm³/mol. The Bertz CT molecular complexity index is 1140. The Morgan fingerprint density at radius 1 is 1.16 bits per heavy atom. The second kappa shape index (κ2) is 9.60. The maximum Gasteiger partial charge on any atom is 0.416 e. The fourth-order valence-electron chi connectivity index (χ4n) is 3.24. The summed E-state index contributed by atoms with van der Waals surface area (Å²) < 4.78 is 40.4. The van der Waals surface area contributed by atoms with Crippen molar-refractivity contribution in [3.05, 3.63) is 51.8 Å². The van der Waals surface area contributed by atoms with Gasteiger partial charge in [0.2, 0.25) is 5.13 Å². The lowest BCUT2D eigenvalue weighted by atomic mass is 10.1. The van der Waals surface area contributed by atoms with Crippen LogP contribution in [0.2, 0.25) is 0 Å². The lowest BCUT2D eigenvalue weighted by Crippen LogP contribution is -2.24. The first-order valence-electron chi connectivity index (χ1n) is 10.0. The Kier molecular flexibility index (Phi) is 7.07. The normalized spacial score (nSPS) is 11.6. The Balaban J connectivity index is 1.79. The maximum atomic E-state index is 13.1. The van der Waals surface area contributed by atoms with Crippen LogP contribution in [-0.2, 0) is 17.4 Å². The zero-order valence-corrected chi connectivity index (χ0v) is 18.6. The van der Waals surface area contributed by atoms with Gasteiger partial charge in [0.1, 0.15) is 5.01 Å². The molecule has 0 aliphatic carbocycles. The molecule has 0 spiro atoms. The molecule has 0 atom stereocenters. The molecular weight excluding hydrogens is 443 g/mol. The third-order valence-electron chi connectivity index (χ3n) is 4.82. The van der Waals surface area contributed by atoms with Crippen LogP contribution in [0.3, 0.4) is 0 Å². The molecule has 3 rings (SSSR count). The summed E-state index contributed by atoms with van der Waals surface area (Å²) in [6.07, 6.45) is -0.665. The fraction of sp³-hybridized carbons (Fsp3) is 0.381. The Labute approximate surface area is 186 Å². The first kappa shape index (κ1) is 23.6. The first-order valence-corrected chi connectivity index (χ1v) is 10.9. The number of hydrogen-bond acceptors (Lipinski definition) is 6. The average Bonchev–Trinajstić information content (AvgIpc) is 3.30. The molecule has 2 aromatic heterocycles. The van der Waals surface area contributed by atoms with Gasteiger partial charge in [-0.3, -0.25) is 14.9 Å². The highest BCUT2D eigenvalue weighted by atomic mass is 32.1. The number of alkyl halides is 3. The minimum Gasteiger partial charge on any atom is -0.294 e. The SMILES string of the molecule is CCCCCc1nnc(NC(=O)C(=O)c2c(C)nn(-c3cccc(C(F)(F)F)c3)c2C)s1. The van der Waals surface area contributed by atoms with Crippen LogP contribution in [0.4, 0.5) is 18.3 Å². The van der Waals surface area contributed by atoms with Crippen LogP contribution in [0.1, 0.15) is 58.5 Å². The minimum atomic E-state index is -4.51. The van der Waals surface area contributed by atoms with Crippen LogP contribution in [0.15, 0.2) is 24.3 Å². The summed E-state index contributed by atoms with van der Waals surface area (Å²) in [5, 5.41) is 15.5. The van der Waals surface area contributed by atoms with Gasteiger partial charge >= 0.3 is 6.18 Å². The summed E-state index contributed by atoms with van der Waals surface area (Å²) in [5.41, 5.74) is -0.162. The largest absolute Gasteiger partial charge is 0.416 e. The molecule has 1 N–H and O–H groups in total. The van der Waals surface area contributed by atoms with Crippen LogP contribution >= 0.6 is 11.3 Å². The van der Waals surface area contributed by atoms with E-state index in [9.17, 15) is 22.8 Å². The number of ketones is 1. The van der Waals surface area contributed by atoms with Gasteiger partial charge in [-0.2, -0.15) is 18.3 Å². The summed E-state index contributed by atoms with van der Waals surface area (Å²) in [7, 11) is 0. The van der Waals surface area contributed by atoms with Crippen molar-refractivity contribution in [3.8, 4) is 5.69 Å². The molecule has 0 unspecified atom stereocenters. The number of aryl methyl sites for hydroxylation is 2. The third kappa shape index (κ3) is 5.21. The molecule has 0 saturated heterocycles. The molecule has 3 aromatic rings. The number of carbonyl (C=O) groups excluding carboxylic acids is 2. The molecule has 0 aliphatic rings. The highest BCUT2D eigenvalue weighted by Crippen LogP contribution is 2.31. The molecule has 0 aliphatic heterocycles. The monoisotopic (exact) mass is 465 g/mol. The van der Waals surface area contributed by atoms with Gasteiger partial charge in [-0.15, -0.1) is 10.2 Å². The summed E-state index contributed by atoms with van der Waals surface area (Å²) in [4.78, 5) is 25.3. The fourth-order valence-corrected chi connectivity index (χ4v) is 4.01. The highest BCUT2D eigenvalue weighted by Gasteiger charge is 2.31. The van der Waals surface area contributed by atoms with Crippen molar-refractivity contribution in [2.45, 2.75) is 52.6 Å². The zero-order chi connectivity index (χ0) is 23.5. The second-order valence-electron chi connectivity index (χ2n) is 7.25. The lowest BCUT2D eigenvalue weighted by Gasteiger charge is -2.10. The molecular formula is C21H22F3N5O2S. The quantitative estimate of drug-likeness (QED) is 0.290. The number of nitrogens with one attached hydrogen (secondary N) is 1. The minimum absolute atomic E-state index is 0.0348. The van der Waals surface area contributed by atoms with Crippen LogP contribution in [-0.4, -0.2) is 31.7 Å². The molecule has 0 fully saturated rings. The van der Waals surface area contributed by atoms with Crippen molar-refractivity contribution >= 4 is 28.2 Å².